The van der Waals surface area contributed by atoms with Gasteiger partial charge in [-0.1, -0.05) is 6.92 Å². The highest BCUT2D eigenvalue weighted by Gasteiger charge is 2.33. The fourth-order valence-electron chi connectivity index (χ4n) is 1.55. The van der Waals surface area contributed by atoms with E-state index in [0.717, 1.165) is 26.4 Å². The van der Waals surface area contributed by atoms with Gasteiger partial charge in [0, 0.05) is 12.0 Å². The zero-order valence-electron chi connectivity index (χ0n) is 11.6. The number of hydrogen-bond acceptors (Lipinski definition) is 5. The fourth-order valence-corrected chi connectivity index (χ4v) is 1.55. The predicted octanol–water partition coefficient (Wildman–Crippen LogP) is 1.11. The van der Waals surface area contributed by atoms with Crippen LogP contribution in [0.2, 0.25) is 0 Å². The molecule has 0 aromatic carbocycles. The summed E-state index contributed by atoms with van der Waals surface area (Å²) in [6.45, 7) is 11.0. The highest BCUT2D eigenvalue weighted by molar-refractivity contribution is 4.79. The van der Waals surface area contributed by atoms with E-state index in [1.54, 1.807) is 0 Å². The van der Waals surface area contributed by atoms with Crippen LogP contribution in [-0.4, -0.2) is 66.1 Å². The minimum atomic E-state index is 0.225. The van der Waals surface area contributed by atoms with Gasteiger partial charge in [-0.2, -0.15) is 0 Å². The third kappa shape index (κ3) is 7.28. The van der Waals surface area contributed by atoms with Gasteiger partial charge in [0.15, 0.2) is 0 Å². The summed E-state index contributed by atoms with van der Waals surface area (Å²) in [7, 11) is 0. The molecule has 1 fully saturated rings. The molecule has 0 radical (unpaired) electrons. The van der Waals surface area contributed by atoms with E-state index in [1.807, 2.05) is 6.92 Å². The third-order valence-corrected chi connectivity index (χ3v) is 2.67. The van der Waals surface area contributed by atoms with E-state index in [0.29, 0.717) is 39.6 Å². The van der Waals surface area contributed by atoms with Gasteiger partial charge in [-0.15, -0.1) is 0 Å². The van der Waals surface area contributed by atoms with Crippen LogP contribution in [0.25, 0.3) is 0 Å². The molecule has 1 saturated heterocycles. The zero-order valence-corrected chi connectivity index (χ0v) is 11.6. The van der Waals surface area contributed by atoms with Crippen molar-refractivity contribution in [1.82, 2.24) is 0 Å². The lowest BCUT2D eigenvalue weighted by Crippen LogP contribution is -2.43. The Morgan fingerprint density at radius 3 is 1.78 bits per heavy atom. The van der Waals surface area contributed by atoms with Crippen molar-refractivity contribution >= 4 is 0 Å². The molecule has 1 rings (SSSR count). The van der Waals surface area contributed by atoms with Crippen LogP contribution in [0.3, 0.4) is 0 Å². The predicted molar refractivity (Wildman–Crippen MR) is 67.9 cm³/mol. The third-order valence-electron chi connectivity index (χ3n) is 2.67. The minimum Gasteiger partial charge on any atom is -0.380 e. The van der Waals surface area contributed by atoms with Gasteiger partial charge in [-0.3, -0.25) is 0 Å². The Hall–Kier alpha value is -0.200. The maximum Gasteiger partial charge on any atom is 0.0701 e. The molecule has 0 aromatic rings. The first-order chi connectivity index (χ1) is 8.77. The number of rotatable bonds is 12. The Labute approximate surface area is 110 Å². The number of ether oxygens (including phenoxy) is 5. The molecule has 0 spiro atoms. The monoisotopic (exact) mass is 262 g/mol. The van der Waals surface area contributed by atoms with Crippen molar-refractivity contribution in [2.45, 2.75) is 13.8 Å². The molecule has 108 valence electrons. The Balaban J connectivity index is 1.71. The molecule has 1 heterocycles. The van der Waals surface area contributed by atoms with Crippen LogP contribution in [0, 0.1) is 5.41 Å². The van der Waals surface area contributed by atoms with Gasteiger partial charge in [-0.25, -0.2) is 0 Å². The van der Waals surface area contributed by atoms with Crippen LogP contribution < -0.4 is 0 Å². The molecule has 5 nitrogen and oxygen atoms in total. The van der Waals surface area contributed by atoms with Crippen LogP contribution in [0.4, 0.5) is 0 Å². The van der Waals surface area contributed by atoms with Gasteiger partial charge >= 0.3 is 0 Å². The highest BCUT2D eigenvalue weighted by atomic mass is 16.6. The molecular formula is C13H26O5. The molecule has 0 aromatic heterocycles. The normalized spacial score (nSPS) is 17.7. The minimum absolute atomic E-state index is 0.225. The Morgan fingerprint density at radius 2 is 1.33 bits per heavy atom. The molecule has 0 bridgehead atoms. The molecule has 1 aliphatic heterocycles. The quantitative estimate of drug-likeness (QED) is 0.493. The zero-order chi connectivity index (χ0) is 13.1. The Kier molecular flexibility index (Phi) is 8.54. The van der Waals surface area contributed by atoms with Crippen molar-refractivity contribution in [3.05, 3.63) is 0 Å². The van der Waals surface area contributed by atoms with Crippen molar-refractivity contribution in [2.24, 2.45) is 5.41 Å². The van der Waals surface area contributed by atoms with Crippen LogP contribution in [0.5, 0.6) is 0 Å². The summed E-state index contributed by atoms with van der Waals surface area (Å²) < 4.78 is 26.5. The largest absolute Gasteiger partial charge is 0.380 e. The smallest absolute Gasteiger partial charge is 0.0701 e. The van der Waals surface area contributed by atoms with Crippen LogP contribution >= 0.6 is 0 Å². The maximum absolute atomic E-state index is 5.53. The standard InChI is InChI=1S/C13H26O5/c1-3-14-4-5-15-6-7-16-8-9-17-10-13(2)11-18-12-13/h3-12H2,1-2H3. The molecule has 0 unspecified atom stereocenters. The second-order valence-corrected chi connectivity index (χ2v) is 4.78. The van der Waals surface area contributed by atoms with Gasteiger partial charge < -0.3 is 23.7 Å². The first-order valence-electron chi connectivity index (χ1n) is 6.65. The molecule has 1 aliphatic rings. The summed E-state index contributed by atoms with van der Waals surface area (Å²) in [5.74, 6) is 0. The van der Waals surface area contributed by atoms with E-state index < -0.39 is 0 Å². The summed E-state index contributed by atoms with van der Waals surface area (Å²) >= 11 is 0. The van der Waals surface area contributed by atoms with E-state index in [-0.39, 0.29) is 5.41 Å². The van der Waals surface area contributed by atoms with E-state index in [2.05, 4.69) is 6.92 Å². The van der Waals surface area contributed by atoms with E-state index in [9.17, 15) is 0 Å². The van der Waals surface area contributed by atoms with Crippen LogP contribution in [-0.2, 0) is 23.7 Å². The molecule has 0 atom stereocenters. The average molecular weight is 262 g/mol. The van der Waals surface area contributed by atoms with Gasteiger partial charge in [0.2, 0.25) is 0 Å². The van der Waals surface area contributed by atoms with Gasteiger partial charge in [0.05, 0.1) is 59.5 Å². The van der Waals surface area contributed by atoms with Gasteiger partial charge in [0.25, 0.3) is 0 Å². The van der Waals surface area contributed by atoms with E-state index in [1.165, 1.54) is 0 Å². The first kappa shape index (κ1) is 15.9. The van der Waals surface area contributed by atoms with Gasteiger partial charge in [-0.05, 0) is 6.92 Å². The summed E-state index contributed by atoms with van der Waals surface area (Å²) in [6, 6.07) is 0. The molecule has 0 aliphatic carbocycles. The van der Waals surface area contributed by atoms with Crippen molar-refractivity contribution < 1.29 is 23.7 Å². The topological polar surface area (TPSA) is 46.2 Å². The fraction of sp³-hybridized carbons (Fsp3) is 1.00. The summed E-state index contributed by atoms with van der Waals surface area (Å²) in [5, 5.41) is 0. The van der Waals surface area contributed by atoms with Crippen molar-refractivity contribution in [3.63, 3.8) is 0 Å². The molecule has 0 saturated carbocycles. The van der Waals surface area contributed by atoms with Crippen molar-refractivity contribution in [2.75, 3.05) is 66.1 Å². The lowest BCUT2D eigenvalue weighted by Gasteiger charge is -2.37. The summed E-state index contributed by atoms with van der Waals surface area (Å²) in [5.41, 5.74) is 0.225. The molecular weight excluding hydrogens is 236 g/mol. The molecule has 18 heavy (non-hydrogen) atoms. The summed E-state index contributed by atoms with van der Waals surface area (Å²) in [6.07, 6.45) is 0. The summed E-state index contributed by atoms with van der Waals surface area (Å²) in [4.78, 5) is 0. The van der Waals surface area contributed by atoms with Crippen LogP contribution in [0.1, 0.15) is 13.8 Å². The van der Waals surface area contributed by atoms with E-state index in [4.69, 9.17) is 23.7 Å². The average Bonchev–Trinajstić information content (AvgIpc) is 2.34. The van der Waals surface area contributed by atoms with Crippen molar-refractivity contribution in [3.8, 4) is 0 Å². The Bertz CT molecular complexity index is 194. The lowest BCUT2D eigenvalue weighted by atomic mass is 9.90. The number of hydrogen-bond donors (Lipinski definition) is 0. The second kappa shape index (κ2) is 9.69. The SMILES string of the molecule is CCOCCOCCOCCOCC1(C)COC1. The Morgan fingerprint density at radius 1 is 0.833 bits per heavy atom. The van der Waals surface area contributed by atoms with Crippen molar-refractivity contribution in [1.29, 1.82) is 0 Å². The molecule has 0 amide bonds. The van der Waals surface area contributed by atoms with Gasteiger partial charge in [0.1, 0.15) is 0 Å². The van der Waals surface area contributed by atoms with E-state index >= 15 is 0 Å². The molecule has 0 N–H and O–H groups in total. The second-order valence-electron chi connectivity index (χ2n) is 4.78. The molecule has 5 heteroatoms. The highest BCUT2D eigenvalue weighted by Crippen LogP contribution is 2.26. The van der Waals surface area contributed by atoms with Crippen LogP contribution in [0.15, 0.2) is 0 Å². The maximum atomic E-state index is 5.53. The lowest BCUT2D eigenvalue weighted by molar-refractivity contribution is -0.141. The first-order valence-corrected chi connectivity index (χ1v) is 6.65.